The van der Waals surface area contributed by atoms with Gasteiger partial charge in [0.1, 0.15) is 0 Å². The van der Waals surface area contributed by atoms with Crippen LogP contribution in [0.5, 0.6) is 0 Å². The smallest absolute Gasteiger partial charge is 0.251 e. The molecule has 0 radical (unpaired) electrons. The highest BCUT2D eigenvalue weighted by atomic mass is 16.2. The third-order valence-electron chi connectivity index (χ3n) is 3.38. The van der Waals surface area contributed by atoms with Crippen molar-refractivity contribution in [2.45, 2.75) is 13.0 Å². The van der Waals surface area contributed by atoms with Crippen LogP contribution in [0.2, 0.25) is 0 Å². The standard InChI is InChI=1S/C18H21N3O2/c1-13(12-20-16-9-4-3-5-10-16)21-18(23)15-8-6-7-14(11-15)17(22)19-2/h3-11,13,20H,12H2,1-2H3,(H,19,22)(H,21,23). The van der Waals surface area contributed by atoms with Gasteiger partial charge in [0.15, 0.2) is 0 Å². The predicted octanol–water partition coefficient (Wildman–Crippen LogP) is 2.28. The molecule has 5 heteroatoms. The van der Waals surface area contributed by atoms with Gasteiger partial charge < -0.3 is 16.0 Å². The molecule has 0 bridgehead atoms. The molecule has 0 saturated carbocycles. The van der Waals surface area contributed by atoms with Crippen molar-refractivity contribution in [1.82, 2.24) is 10.6 Å². The lowest BCUT2D eigenvalue weighted by atomic mass is 10.1. The van der Waals surface area contributed by atoms with E-state index in [0.29, 0.717) is 17.7 Å². The first-order valence-corrected chi connectivity index (χ1v) is 7.52. The second-order valence-corrected chi connectivity index (χ2v) is 5.28. The van der Waals surface area contributed by atoms with Crippen LogP contribution in [0.1, 0.15) is 27.6 Å². The van der Waals surface area contributed by atoms with E-state index in [-0.39, 0.29) is 17.9 Å². The minimum Gasteiger partial charge on any atom is -0.383 e. The van der Waals surface area contributed by atoms with E-state index in [4.69, 9.17) is 0 Å². The van der Waals surface area contributed by atoms with Crippen molar-refractivity contribution in [3.63, 3.8) is 0 Å². The van der Waals surface area contributed by atoms with Crippen LogP contribution in [0.4, 0.5) is 5.69 Å². The Labute approximate surface area is 136 Å². The fourth-order valence-electron chi connectivity index (χ4n) is 2.13. The molecule has 120 valence electrons. The van der Waals surface area contributed by atoms with Crippen LogP contribution in [0.3, 0.4) is 0 Å². The number of benzene rings is 2. The number of hydrogen-bond donors (Lipinski definition) is 3. The number of hydrogen-bond acceptors (Lipinski definition) is 3. The van der Waals surface area contributed by atoms with Crippen LogP contribution in [0.25, 0.3) is 0 Å². The molecule has 0 aliphatic rings. The Morgan fingerprint density at radius 1 is 0.957 bits per heavy atom. The van der Waals surface area contributed by atoms with E-state index < -0.39 is 0 Å². The Balaban J connectivity index is 1.92. The lowest BCUT2D eigenvalue weighted by Crippen LogP contribution is -2.37. The average molecular weight is 311 g/mol. The quantitative estimate of drug-likeness (QED) is 0.766. The maximum atomic E-state index is 12.3. The molecular weight excluding hydrogens is 290 g/mol. The summed E-state index contributed by atoms with van der Waals surface area (Å²) >= 11 is 0. The highest BCUT2D eigenvalue weighted by molar-refractivity contribution is 5.99. The molecule has 1 atom stereocenters. The van der Waals surface area contributed by atoms with Crippen molar-refractivity contribution in [2.24, 2.45) is 0 Å². The number of carbonyl (C=O) groups is 2. The lowest BCUT2D eigenvalue weighted by molar-refractivity contribution is 0.0942. The van der Waals surface area contributed by atoms with Crippen molar-refractivity contribution >= 4 is 17.5 Å². The van der Waals surface area contributed by atoms with Gasteiger partial charge in [0.05, 0.1) is 0 Å². The van der Waals surface area contributed by atoms with Gasteiger partial charge in [0.2, 0.25) is 0 Å². The molecule has 0 aromatic heterocycles. The minimum absolute atomic E-state index is 0.0497. The van der Waals surface area contributed by atoms with Crippen LogP contribution < -0.4 is 16.0 Å². The fraction of sp³-hybridized carbons (Fsp3) is 0.222. The van der Waals surface area contributed by atoms with Gasteiger partial charge in [-0.15, -0.1) is 0 Å². The largest absolute Gasteiger partial charge is 0.383 e. The van der Waals surface area contributed by atoms with Gasteiger partial charge >= 0.3 is 0 Å². The molecule has 5 nitrogen and oxygen atoms in total. The van der Waals surface area contributed by atoms with Crippen molar-refractivity contribution in [3.05, 3.63) is 65.7 Å². The number of carbonyl (C=O) groups excluding carboxylic acids is 2. The number of rotatable bonds is 6. The van der Waals surface area contributed by atoms with E-state index in [1.165, 1.54) is 0 Å². The zero-order valence-electron chi connectivity index (χ0n) is 13.3. The third kappa shape index (κ3) is 4.85. The predicted molar refractivity (Wildman–Crippen MR) is 91.7 cm³/mol. The van der Waals surface area contributed by atoms with Crippen molar-refractivity contribution in [2.75, 3.05) is 18.9 Å². The first-order valence-electron chi connectivity index (χ1n) is 7.52. The molecule has 0 fully saturated rings. The number of para-hydroxylation sites is 1. The first-order chi connectivity index (χ1) is 11.1. The second-order valence-electron chi connectivity index (χ2n) is 5.28. The van der Waals surface area contributed by atoms with Crippen LogP contribution in [0.15, 0.2) is 54.6 Å². The summed E-state index contributed by atoms with van der Waals surface area (Å²) in [5.74, 6) is -0.406. The normalized spacial score (nSPS) is 11.4. The number of nitrogens with one attached hydrogen (secondary N) is 3. The molecule has 0 aliphatic carbocycles. The van der Waals surface area contributed by atoms with Crippen LogP contribution >= 0.6 is 0 Å². The molecule has 3 N–H and O–H groups in total. The van der Waals surface area contributed by atoms with Crippen LogP contribution in [-0.2, 0) is 0 Å². The molecule has 2 aromatic carbocycles. The SMILES string of the molecule is CNC(=O)c1cccc(C(=O)NC(C)CNc2ccccc2)c1. The molecule has 0 heterocycles. The Bertz CT molecular complexity index is 671. The van der Waals surface area contributed by atoms with Gasteiger partial charge in [-0.1, -0.05) is 24.3 Å². The molecule has 0 aliphatic heterocycles. The van der Waals surface area contributed by atoms with E-state index in [2.05, 4.69) is 16.0 Å². The summed E-state index contributed by atoms with van der Waals surface area (Å²) in [6.07, 6.45) is 0. The maximum absolute atomic E-state index is 12.3. The summed E-state index contributed by atoms with van der Waals surface area (Å²) < 4.78 is 0. The van der Waals surface area contributed by atoms with Gasteiger partial charge in [-0.3, -0.25) is 9.59 Å². The van der Waals surface area contributed by atoms with Crippen LogP contribution in [-0.4, -0.2) is 31.4 Å². The van der Waals surface area contributed by atoms with Crippen molar-refractivity contribution in [1.29, 1.82) is 0 Å². The minimum atomic E-state index is -0.210. The summed E-state index contributed by atoms with van der Waals surface area (Å²) in [6.45, 7) is 2.54. The Morgan fingerprint density at radius 2 is 1.61 bits per heavy atom. The third-order valence-corrected chi connectivity index (χ3v) is 3.38. The first kappa shape index (κ1) is 16.5. The van der Waals surface area contributed by atoms with Crippen LogP contribution in [0, 0.1) is 0 Å². The summed E-state index contributed by atoms with van der Waals surface area (Å²) in [5, 5.41) is 8.72. The fourth-order valence-corrected chi connectivity index (χ4v) is 2.13. The Morgan fingerprint density at radius 3 is 2.26 bits per heavy atom. The monoisotopic (exact) mass is 311 g/mol. The van der Waals surface area contributed by atoms with E-state index in [9.17, 15) is 9.59 Å². The molecule has 2 aromatic rings. The average Bonchev–Trinajstić information content (AvgIpc) is 2.60. The summed E-state index contributed by atoms with van der Waals surface area (Å²) in [7, 11) is 1.56. The number of anilines is 1. The second kappa shape index (κ2) is 7.98. The summed E-state index contributed by atoms with van der Waals surface area (Å²) in [6, 6.07) is 16.4. The van der Waals surface area contributed by atoms with Gasteiger partial charge in [-0.05, 0) is 37.3 Å². The molecule has 0 spiro atoms. The van der Waals surface area contributed by atoms with Crippen molar-refractivity contribution < 1.29 is 9.59 Å². The van der Waals surface area contributed by atoms with Gasteiger partial charge in [-0.25, -0.2) is 0 Å². The van der Waals surface area contributed by atoms with Crippen molar-refractivity contribution in [3.8, 4) is 0 Å². The molecule has 2 rings (SSSR count). The molecule has 23 heavy (non-hydrogen) atoms. The molecular formula is C18H21N3O2. The lowest BCUT2D eigenvalue weighted by Gasteiger charge is -2.16. The molecule has 2 amide bonds. The maximum Gasteiger partial charge on any atom is 0.251 e. The zero-order valence-corrected chi connectivity index (χ0v) is 13.3. The van der Waals surface area contributed by atoms with Gasteiger partial charge in [-0.2, -0.15) is 0 Å². The Hall–Kier alpha value is -2.82. The molecule has 0 saturated heterocycles. The highest BCUT2D eigenvalue weighted by Gasteiger charge is 2.12. The topological polar surface area (TPSA) is 70.2 Å². The highest BCUT2D eigenvalue weighted by Crippen LogP contribution is 2.07. The van der Waals surface area contributed by atoms with E-state index in [0.717, 1.165) is 5.69 Å². The van der Waals surface area contributed by atoms with Gasteiger partial charge in [0, 0.05) is 36.4 Å². The summed E-state index contributed by atoms with van der Waals surface area (Å²) in [4.78, 5) is 23.9. The summed E-state index contributed by atoms with van der Waals surface area (Å²) in [5.41, 5.74) is 1.95. The van der Waals surface area contributed by atoms with E-state index in [1.54, 1.807) is 31.3 Å². The van der Waals surface area contributed by atoms with E-state index >= 15 is 0 Å². The number of amides is 2. The van der Waals surface area contributed by atoms with E-state index in [1.807, 2.05) is 37.3 Å². The Kier molecular flexibility index (Phi) is 5.74. The van der Waals surface area contributed by atoms with Gasteiger partial charge in [0.25, 0.3) is 11.8 Å². The molecule has 1 unspecified atom stereocenters. The zero-order chi connectivity index (χ0) is 16.7.